The molecule has 5 heteroatoms. The predicted molar refractivity (Wildman–Crippen MR) is 86.2 cm³/mol. The molecular weight excluding hydrogens is 459 g/mol. The molecule has 0 bridgehead atoms. The summed E-state index contributed by atoms with van der Waals surface area (Å²) in [4.78, 5) is 12.1. The quantitative estimate of drug-likeness (QED) is 0.657. The summed E-state index contributed by atoms with van der Waals surface area (Å²) in [5, 5.41) is 2.81. The number of halogens is 3. The van der Waals surface area contributed by atoms with Gasteiger partial charge in [0.25, 0.3) is 5.91 Å². The molecule has 2 aromatic carbocycles. The van der Waals surface area contributed by atoms with Crippen LogP contribution in [0.5, 0.6) is 0 Å². The maximum Gasteiger partial charge on any atom is 0.256 e. The van der Waals surface area contributed by atoms with Crippen molar-refractivity contribution in [3.63, 3.8) is 0 Å². The van der Waals surface area contributed by atoms with Gasteiger partial charge in [0.1, 0.15) is 5.82 Å². The monoisotopic (exact) mass is 467 g/mol. The average molecular weight is 467 g/mol. The molecule has 0 radical (unpaired) electrons. The number of carbonyl (C=O) groups excluding carboxylic acids is 1. The minimum absolute atomic E-state index is 0.233. The number of carbonyl (C=O) groups is 1. The van der Waals surface area contributed by atoms with Gasteiger partial charge in [-0.1, -0.05) is 12.1 Å². The van der Waals surface area contributed by atoms with E-state index in [0.29, 0.717) is 9.13 Å². The Kier molecular flexibility index (Phi) is 4.55. The van der Waals surface area contributed by atoms with Crippen LogP contribution >= 0.6 is 45.2 Å². The number of nitrogens with one attached hydrogen (secondary N) is 1. The van der Waals surface area contributed by atoms with Crippen LogP contribution in [-0.4, -0.2) is 5.91 Å². The molecule has 1 N–H and O–H groups in total. The number of para-hydroxylation sites is 1. The highest BCUT2D eigenvalue weighted by Crippen LogP contribution is 2.20. The van der Waals surface area contributed by atoms with Crippen molar-refractivity contribution in [2.75, 3.05) is 5.32 Å². The van der Waals surface area contributed by atoms with Crippen molar-refractivity contribution in [1.82, 2.24) is 0 Å². The van der Waals surface area contributed by atoms with Gasteiger partial charge >= 0.3 is 0 Å². The minimum atomic E-state index is -0.342. The maximum absolute atomic E-state index is 13.0. The first-order valence-electron chi connectivity index (χ1n) is 5.09. The molecule has 1 amide bonds. The van der Waals surface area contributed by atoms with Gasteiger partial charge < -0.3 is 5.32 Å². The van der Waals surface area contributed by atoms with Crippen molar-refractivity contribution in [3.05, 3.63) is 61.0 Å². The van der Waals surface area contributed by atoms with Crippen LogP contribution in [0.2, 0.25) is 0 Å². The SMILES string of the molecule is O=C(Nc1ccccc1I)c1ccc(F)cc1I. The van der Waals surface area contributed by atoms with Crippen LogP contribution in [0.25, 0.3) is 0 Å². The van der Waals surface area contributed by atoms with E-state index < -0.39 is 0 Å². The predicted octanol–water partition coefficient (Wildman–Crippen LogP) is 4.29. The van der Waals surface area contributed by atoms with Gasteiger partial charge in [-0.2, -0.15) is 0 Å². The number of hydrogen-bond acceptors (Lipinski definition) is 1. The van der Waals surface area contributed by atoms with Crippen LogP contribution in [0.1, 0.15) is 10.4 Å². The summed E-state index contributed by atoms with van der Waals surface area (Å²) in [6.45, 7) is 0. The van der Waals surface area contributed by atoms with Gasteiger partial charge in [-0.15, -0.1) is 0 Å². The van der Waals surface area contributed by atoms with E-state index in [1.165, 1.54) is 18.2 Å². The van der Waals surface area contributed by atoms with E-state index in [1.54, 1.807) is 0 Å². The highest BCUT2D eigenvalue weighted by Gasteiger charge is 2.11. The Hall–Kier alpha value is -0.700. The number of benzene rings is 2. The second-order valence-electron chi connectivity index (χ2n) is 3.56. The fourth-order valence-corrected chi connectivity index (χ4v) is 2.67. The van der Waals surface area contributed by atoms with Crippen molar-refractivity contribution in [1.29, 1.82) is 0 Å². The number of anilines is 1. The molecule has 18 heavy (non-hydrogen) atoms. The molecule has 0 saturated carbocycles. The zero-order chi connectivity index (χ0) is 13.1. The lowest BCUT2D eigenvalue weighted by molar-refractivity contribution is 0.102. The number of amides is 1. The summed E-state index contributed by atoms with van der Waals surface area (Å²) in [5.41, 5.74) is 1.22. The Labute approximate surface area is 131 Å². The lowest BCUT2D eigenvalue weighted by Gasteiger charge is -2.08. The Balaban J connectivity index is 2.25. The Morgan fingerprint density at radius 3 is 2.44 bits per heavy atom. The second-order valence-corrected chi connectivity index (χ2v) is 5.88. The van der Waals surface area contributed by atoms with E-state index >= 15 is 0 Å². The molecule has 2 rings (SSSR count). The third-order valence-electron chi connectivity index (χ3n) is 2.30. The first kappa shape index (κ1) is 13.7. The van der Waals surface area contributed by atoms with E-state index in [-0.39, 0.29) is 11.7 Å². The van der Waals surface area contributed by atoms with Crippen molar-refractivity contribution < 1.29 is 9.18 Å². The molecule has 0 aliphatic heterocycles. The van der Waals surface area contributed by atoms with E-state index in [1.807, 2.05) is 46.9 Å². The molecule has 92 valence electrons. The lowest BCUT2D eigenvalue weighted by atomic mass is 10.2. The van der Waals surface area contributed by atoms with Crippen LogP contribution in [0.3, 0.4) is 0 Å². The topological polar surface area (TPSA) is 29.1 Å². The summed E-state index contributed by atoms with van der Waals surface area (Å²) >= 11 is 4.10. The van der Waals surface area contributed by atoms with Crippen LogP contribution in [0.15, 0.2) is 42.5 Å². The van der Waals surface area contributed by atoms with Gasteiger partial charge in [0.2, 0.25) is 0 Å². The fraction of sp³-hybridized carbons (Fsp3) is 0. The van der Waals surface area contributed by atoms with Gasteiger partial charge in [0.15, 0.2) is 0 Å². The van der Waals surface area contributed by atoms with Gasteiger partial charge in [-0.3, -0.25) is 4.79 Å². The molecule has 0 fully saturated rings. The van der Waals surface area contributed by atoms with Gasteiger partial charge in [0, 0.05) is 7.14 Å². The molecule has 2 nitrogen and oxygen atoms in total. The van der Waals surface area contributed by atoms with Gasteiger partial charge in [-0.25, -0.2) is 4.39 Å². The van der Waals surface area contributed by atoms with E-state index in [2.05, 4.69) is 27.9 Å². The molecule has 0 aromatic heterocycles. The zero-order valence-corrected chi connectivity index (χ0v) is 13.4. The number of rotatable bonds is 2. The van der Waals surface area contributed by atoms with Crippen molar-refractivity contribution in [3.8, 4) is 0 Å². The normalized spacial score (nSPS) is 10.2. The minimum Gasteiger partial charge on any atom is -0.321 e. The molecule has 0 aliphatic carbocycles. The molecular formula is C13H8FI2NO. The molecule has 0 heterocycles. The smallest absolute Gasteiger partial charge is 0.256 e. The summed E-state index contributed by atoms with van der Waals surface area (Å²) < 4.78 is 14.5. The van der Waals surface area contributed by atoms with E-state index in [4.69, 9.17) is 0 Å². The highest BCUT2D eigenvalue weighted by molar-refractivity contribution is 14.1. The van der Waals surface area contributed by atoms with Gasteiger partial charge in [0.05, 0.1) is 11.3 Å². The molecule has 0 atom stereocenters. The Morgan fingerprint density at radius 1 is 1.06 bits per heavy atom. The largest absolute Gasteiger partial charge is 0.321 e. The van der Waals surface area contributed by atoms with Crippen LogP contribution in [-0.2, 0) is 0 Å². The van der Waals surface area contributed by atoms with Gasteiger partial charge in [-0.05, 0) is 75.5 Å². The third kappa shape index (κ3) is 3.19. The summed E-state index contributed by atoms with van der Waals surface area (Å²) in [6, 6.07) is 11.6. The average Bonchev–Trinajstić information content (AvgIpc) is 2.32. The zero-order valence-electron chi connectivity index (χ0n) is 9.08. The molecule has 2 aromatic rings. The van der Waals surface area contributed by atoms with Crippen molar-refractivity contribution in [2.45, 2.75) is 0 Å². The fourth-order valence-electron chi connectivity index (χ4n) is 1.43. The van der Waals surface area contributed by atoms with E-state index in [0.717, 1.165) is 9.26 Å². The summed E-state index contributed by atoms with van der Waals surface area (Å²) in [7, 11) is 0. The second kappa shape index (κ2) is 5.96. The van der Waals surface area contributed by atoms with E-state index in [9.17, 15) is 9.18 Å². The molecule has 0 saturated heterocycles. The maximum atomic E-state index is 13.0. The standard InChI is InChI=1S/C13H8FI2NO/c14-8-5-6-9(11(16)7-8)13(18)17-12-4-2-1-3-10(12)15/h1-7H,(H,17,18). The van der Waals surface area contributed by atoms with Crippen molar-refractivity contribution in [2.24, 2.45) is 0 Å². The lowest BCUT2D eigenvalue weighted by Crippen LogP contribution is -2.14. The molecule has 0 spiro atoms. The number of hydrogen-bond donors (Lipinski definition) is 1. The first-order chi connectivity index (χ1) is 8.58. The first-order valence-corrected chi connectivity index (χ1v) is 7.24. The van der Waals surface area contributed by atoms with Crippen LogP contribution in [0, 0.1) is 13.0 Å². The van der Waals surface area contributed by atoms with Crippen molar-refractivity contribution >= 4 is 56.8 Å². The summed E-state index contributed by atoms with van der Waals surface area (Å²) in [5.74, 6) is -0.575. The molecule has 0 unspecified atom stereocenters. The molecule has 0 aliphatic rings. The Morgan fingerprint density at radius 2 is 1.78 bits per heavy atom. The third-order valence-corrected chi connectivity index (χ3v) is 4.13. The Bertz CT molecular complexity index is 601. The van der Waals surface area contributed by atoms with Crippen LogP contribution < -0.4 is 5.32 Å². The van der Waals surface area contributed by atoms with Crippen LogP contribution in [0.4, 0.5) is 10.1 Å². The highest BCUT2D eigenvalue weighted by atomic mass is 127. The summed E-state index contributed by atoms with van der Waals surface area (Å²) in [6.07, 6.45) is 0.